The molecular weight excluding hydrogens is 394 g/mol. The fourth-order valence-electron chi connectivity index (χ4n) is 2.47. The molecule has 25 heavy (non-hydrogen) atoms. The summed E-state index contributed by atoms with van der Waals surface area (Å²) >= 11 is 10.9. The molecule has 2 aromatic carbocycles. The Kier molecular flexibility index (Phi) is 4.64. The van der Waals surface area contributed by atoms with E-state index in [-0.39, 0.29) is 12.3 Å². The van der Waals surface area contributed by atoms with E-state index in [1.165, 1.54) is 11.3 Å². The van der Waals surface area contributed by atoms with Crippen LogP contribution in [0.2, 0.25) is 5.02 Å². The molecular formula is C17H12ClN3OS3. The van der Waals surface area contributed by atoms with Crippen molar-refractivity contribution in [2.45, 2.75) is 10.8 Å². The van der Waals surface area contributed by atoms with Crippen LogP contribution in [0.3, 0.4) is 0 Å². The maximum atomic E-state index is 12.3. The standard InChI is InChI=1S/C17H12ClN3OS3/c1-23-17-20-12-7-6-11-14(15(12)25-17)24-16(19-11)21-13(22)8-9-4-2-3-5-10(9)18/h2-7H,8H2,1H3,(H,19,21,22). The average molecular weight is 406 g/mol. The van der Waals surface area contributed by atoms with Gasteiger partial charge in [-0.15, -0.1) is 11.3 Å². The molecule has 0 bridgehead atoms. The predicted molar refractivity (Wildman–Crippen MR) is 108 cm³/mol. The van der Waals surface area contributed by atoms with Gasteiger partial charge in [0.15, 0.2) is 9.47 Å². The number of rotatable bonds is 4. The number of hydrogen-bond donors (Lipinski definition) is 1. The molecule has 1 amide bonds. The van der Waals surface area contributed by atoms with Gasteiger partial charge in [0.25, 0.3) is 0 Å². The Morgan fingerprint density at radius 2 is 1.84 bits per heavy atom. The molecule has 126 valence electrons. The highest BCUT2D eigenvalue weighted by Gasteiger charge is 2.14. The second-order valence-corrected chi connectivity index (χ2v) is 8.74. The van der Waals surface area contributed by atoms with E-state index in [9.17, 15) is 4.79 Å². The second-order valence-electron chi connectivity index (χ2n) is 5.28. The van der Waals surface area contributed by atoms with Crippen LogP contribution in [0.5, 0.6) is 0 Å². The summed E-state index contributed by atoms with van der Waals surface area (Å²) in [7, 11) is 0. The summed E-state index contributed by atoms with van der Waals surface area (Å²) in [4.78, 5) is 21.4. The molecule has 8 heteroatoms. The summed E-state index contributed by atoms with van der Waals surface area (Å²) in [5.41, 5.74) is 2.65. The zero-order chi connectivity index (χ0) is 17.4. The minimum Gasteiger partial charge on any atom is -0.302 e. The van der Waals surface area contributed by atoms with E-state index in [4.69, 9.17) is 11.6 Å². The quantitative estimate of drug-likeness (QED) is 0.458. The third kappa shape index (κ3) is 3.37. The SMILES string of the molecule is CSc1nc2ccc3nc(NC(=O)Cc4ccccc4Cl)sc3c2s1. The van der Waals surface area contributed by atoms with Crippen LogP contribution in [-0.2, 0) is 11.2 Å². The highest BCUT2D eigenvalue weighted by atomic mass is 35.5. The number of hydrogen-bond acceptors (Lipinski definition) is 6. The zero-order valence-electron chi connectivity index (χ0n) is 13.1. The number of nitrogens with one attached hydrogen (secondary N) is 1. The normalized spacial score (nSPS) is 11.3. The van der Waals surface area contributed by atoms with Crippen molar-refractivity contribution in [2.75, 3.05) is 11.6 Å². The van der Waals surface area contributed by atoms with E-state index in [0.717, 1.165) is 30.3 Å². The molecule has 1 N–H and O–H groups in total. The number of anilines is 1. The van der Waals surface area contributed by atoms with Crippen LogP contribution >= 0.6 is 46.0 Å². The van der Waals surface area contributed by atoms with Crippen molar-refractivity contribution in [3.63, 3.8) is 0 Å². The number of nitrogens with zero attached hydrogens (tertiary/aromatic N) is 2. The number of aromatic nitrogens is 2. The smallest absolute Gasteiger partial charge is 0.230 e. The largest absolute Gasteiger partial charge is 0.302 e. The predicted octanol–water partition coefficient (Wildman–Crippen LogP) is 5.46. The molecule has 4 aromatic rings. The van der Waals surface area contributed by atoms with Crippen LogP contribution in [-0.4, -0.2) is 22.1 Å². The lowest BCUT2D eigenvalue weighted by Crippen LogP contribution is -2.14. The van der Waals surface area contributed by atoms with Gasteiger partial charge >= 0.3 is 0 Å². The fraction of sp³-hybridized carbons (Fsp3) is 0.118. The van der Waals surface area contributed by atoms with Gasteiger partial charge in [-0.1, -0.05) is 52.9 Å². The maximum Gasteiger partial charge on any atom is 0.230 e. The highest BCUT2D eigenvalue weighted by molar-refractivity contribution is 8.00. The van der Waals surface area contributed by atoms with Gasteiger partial charge < -0.3 is 5.32 Å². The first kappa shape index (κ1) is 16.8. The summed E-state index contributed by atoms with van der Waals surface area (Å²) < 4.78 is 3.20. The summed E-state index contributed by atoms with van der Waals surface area (Å²) in [6.45, 7) is 0. The molecule has 0 saturated heterocycles. The molecule has 0 atom stereocenters. The molecule has 0 aliphatic rings. The van der Waals surface area contributed by atoms with Crippen molar-refractivity contribution in [1.82, 2.24) is 9.97 Å². The third-order valence-corrected chi connectivity index (χ3v) is 7.20. The number of benzene rings is 2. The molecule has 0 spiro atoms. The monoisotopic (exact) mass is 405 g/mol. The van der Waals surface area contributed by atoms with E-state index in [0.29, 0.717) is 10.2 Å². The van der Waals surface area contributed by atoms with Gasteiger partial charge in [-0.05, 0) is 30.0 Å². The number of fused-ring (bicyclic) bond motifs is 3. The number of carbonyl (C=O) groups is 1. The number of thioether (sulfide) groups is 1. The molecule has 2 heterocycles. The average Bonchev–Trinajstić information content (AvgIpc) is 3.19. The molecule has 0 fully saturated rings. The number of halogens is 1. The number of thiazole rings is 2. The second kappa shape index (κ2) is 6.92. The molecule has 0 radical (unpaired) electrons. The van der Waals surface area contributed by atoms with Crippen LogP contribution < -0.4 is 5.32 Å². The Hall–Kier alpha value is -1.67. The van der Waals surface area contributed by atoms with Crippen molar-refractivity contribution >= 4 is 77.5 Å². The molecule has 4 nitrogen and oxygen atoms in total. The molecule has 0 aliphatic heterocycles. The van der Waals surface area contributed by atoms with Gasteiger partial charge in [0, 0.05) is 5.02 Å². The first-order valence-electron chi connectivity index (χ1n) is 7.41. The Morgan fingerprint density at radius 1 is 1.12 bits per heavy atom. The van der Waals surface area contributed by atoms with Crippen molar-refractivity contribution in [3.05, 3.63) is 47.0 Å². The van der Waals surface area contributed by atoms with E-state index in [1.807, 2.05) is 36.6 Å². The Bertz CT molecular complexity index is 1090. The van der Waals surface area contributed by atoms with Gasteiger partial charge in [0.2, 0.25) is 5.91 Å². The Labute approximate surface area is 161 Å². The van der Waals surface area contributed by atoms with Crippen molar-refractivity contribution < 1.29 is 4.79 Å². The first-order chi connectivity index (χ1) is 12.1. The van der Waals surface area contributed by atoms with Crippen molar-refractivity contribution in [3.8, 4) is 0 Å². The van der Waals surface area contributed by atoms with Crippen molar-refractivity contribution in [2.24, 2.45) is 0 Å². The molecule has 4 rings (SSSR count). The van der Waals surface area contributed by atoms with Crippen LogP contribution in [0, 0.1) is 0 Å². The van der Waals surface area contributed by atoms with E-state index in [1.54, 1.807) is 29.2 Å². The summed E-state index contributed by atoms with van der Waals surface area (Å²) in [5, 5.41) is 4.07. The van der Waals surface area contributed by atoms with Crippen LogP contribution in [0.25, 0.3) is 20.4 Å². The Balaban J connectivity index is 1.61. The highest BCUT2D eigenvalue weighted by Crippen LogP contribution is 2.38. The minimum atomic E-state index is -0.127. The molecule has 0 saturated carbocycles. The minimum absolute atomic E-state index is 0.127. The third-order valence-electron chi connectivity index (χ3n) is 3.62. The summed E-state index contributed by atoms with van der Waals surface area (Å²) in [6, 6.07) is 11.3. The molecule has 0 unspecified atom stereocenters. The topological polar surface area (TPSA) is 54.9 Å². The fourth-order valence-corrected chi connectivity index (χ4v) is 5.35. The van der Waals surface area contributed by atoms with Gasteiger partial charge in [-0.3, -0.25) is 4.79 Å². The van der Waals surface area contributed by atoms with Crippen molar-refractivity contribution in [1.29, 1.82) is 0 Å². The molecule has 2 aromatic heterocycles. The van der Waals surface area contributed by atoms with Gasteiger partial charge in [0.1, 0.15) is 0 Å². The lowest BCUT2D eigenvalue weighted by Gasteiger charge is -2.03. The van der Waals surface area contributed by atoms with Gasteiger partial charge in [-0.25, -0.2) is 9.97 Å². The first-order valence-corrected chi connectivity index (χ1v) is 10.6. The van der Waals surface area contributed by atoms with Gasteiger partial charge in [0.05, 0.1) is 26.9 Å². The lowest BCUT2D eigenvalue weighted by molar-refractivity contribution is -0.115. The maximum absolute atomic E-state index is 12.3. The van der Waals surface area contributed by atoms with Gasteiger partial charge in [-0.2, -0.15) is 0 Å². The summed E-state index contributed by atoms with van der Waals surface area (Å²) in [5.74, 6) is -0.127. The Morgan fingerprint density at radius 3 is 2.60 bits per heavy atom. The van der Waals surface area contributed by atoms with E-state index >= 15 is 0 Å². The van der Waals surface area contributed by atoms with E-state index < -0.39 is 0 Å². The van der Waals surface area contributed by atoms with Crippen LogP contribution in [0.15, 0.2) is 40.7 Å². The van der Waals surface area contributed by atoms with E-state index in [2.05, 4.69) is 15.3 Å². The number of amides is 1. The number of carbonyl (C=O) groups excluding carboxylic acids is 1. The molecule has 0 aliphatic carbocycles. The zero-order valence-corrected chi connectivity index (χ0v) is 16.3. The lowest BCUT2D eigenvalue weighted by atomic mass is 10.1. The van der Waals surface area contributed by atoms with Crippen LogP contribution in [0.1, 0.15) is 5.56 Å². The summed E-state index contributed by atoms with van der Waals surface area (Å²) in [6.07, 6.45) is 2.24. The van der Waals surface area contributed by atoms with Crippen LogP contribution in [0.4, 0.5) is 5.13 Å².